The first kappa shape index (κ1) is 19.8. The summed E-state index contributed by atoms with van der Waals surface area (Å²) < 4.78 is 10.9. The lowest BCUT2D eigenvalue weighted by Crippen LogP contribution is -2.43. The summed E-state index contributed by atoms with van der Waals surface area (Å²) in [5, 5.41) is 6.78. The van der Waals surface area contributed by atoms with E-state index in [1.54, 1.807) is 18.1 Å². The van der Waals surface area contributed by atoms with Gasteiger partial charge in [-0.2, -0.15) is 0 Å². The minimum absolute atomic E-state index is 0.135. The van der Waals surface area contributed by atoms with Crippen molar-refractivity contribution in [2.45, 2.75) is 12.8 Å². The molecule has 3 amide bonds. The van der Waals surface area contributed by atoms with Gasteiger partial charge in [0.25, 0.3) is 5.91 Å². The van der Waals surface area contributed by atoms with Crippen molar-refractivity contribution in [2.75, 3.05) is 32.1 Å². The molecule has 7 nitrogen and oxygen atoms in total. The van der Waals surface area contributed by atoms with Gasteiger partial charge in [-0.15, -0.1) is 0 Å². The van der Waals surface area contributed by atoms with Crippen molar-refractivity contribution in [3.05, 3.63) is 60.4 Å². The number of carbonyl (C=O) groups excluding carboxylic acids is 2. The largest absolute Gasteiger partial charge is 0.495 e. The minimum Gasteiger partial charge on any atom is -0.495 e. The molecule has 0 unspecified atom stereocenters. The Kier molecular flexibility index (Phi) is 5.88. The Morgan fingerprint density at radius 1 is 1.10 bits per heavy atom. The highest BCUT2D eigenvalue weighted by atomic mass is 16.5. The molecule has 1 aromatic heterocycles. The van der Waals surface area contributed by atoms with Crippen molar-refractivity contribution in [2.24, 2.45) is 5.92 Å². The number of ether oxygens (including phenoxy) is 1. The highest BCUT2D eigenvalue weighted by Gasteiger charge is 2.24. The fourth-order valence-corrected chi connectivity index (χ4v) is 3.70. The third kappa shape index (κ3) is 4.40. The molecule has 1 saturated heterocycles. The predicted molar refractivity (Wildman–Crippen MR) is 115 cm³/mol. The molecule has 156 valence electrons. The number of rotatable bonds is 5. The second kappa shape index (κ2) is 8.90. The topological polar surface area (TPSA) is 83.8 Å². The summed E-state index contributed by atoms with van der Waals surface area (Å²) in [5.41, 5.74) is 1.36. The van der Waals surface area contributed by atoms with Crippen molar-refractivity contribution < 1.29 is 18.7 Å². The molecule has 1 aliphatic rings. The third-order valence-corrected chi connectivity index (χ3v) is 5.45. The van der Waals surface area contributed by atoms with Crippen molar-refractivity contribution in [1.29, 1.82) is 0 Å². The van der Waals surface area contributed by atoms with E-state index < -0.39 is 0 Å². The molecule has 30 heavy (non-hydrogen) atoms. The molecular formula is C23H25N3O4. The number of amides is 3. The maximum absolute atomic E-state index is 12.6. The highest BCUT2D eigenvalue weighted by molar-refractivity contribution is 5.96. The molecule has 7 heteroatoms. The maximum Gasteiger partial charge on any atom is 0.321 e. The molecule has 0 radical (unpaired) electrons. The summed E-state index contributed by atoms with van der Waals surface area (Å²) >= 11 is 0. The second-order valence-corrected chi connectivity index (χ2v) is 7.42. The number of piperidine rings is 1. The number of furan rings is 1. The van der Waals surface area contributed by atoms with Crippen LogP contribution in [-0.4, -0.2) is 43.6 Å². The number of anilines is 1. The van der Waals surface area contributed by atoms with E-state index in [4.69, 9.17) is 9.15 Å². The van der Waals surface area contributed by atoms with Crippen LogP contribution in [0, 0.1) is 5.92 Å². The Morgan fingerprint density at radius 3 is 2.60 bits per heavy atom. The van der Waals surface area contributed by atoms with Gasteiger partial charge in [-0.25, -0.2) is 4.79 Å². The molecule has 0 saturated carbocycles. The predicted octanol–water partition coefficient (Wildman–Crippen LogP) is 4.12. The van der Waals surface area contributed by atoms with Gasteiger partial charge in [-0.05, 0) is 43.0 Å². The van der Waals surface area contributed by atoms with E-state index in [9.17, 15) is 9.59 Å². The van der Waals surface area contributed by atoms with Crippen LogP contribution in [0.2, 0.25) is 0 Å². The van der Waals surface area contributed by atoms with Gasteiger partial charge >= 0.3 is 6.03 Å². The summed E-state index contributed by atoms with van der Waals surface area (Å²) in [5.74, 6) is 1.08. The Hall–Kier alpha value is -3.48. The Morgan fingerprint density at radius 2 is 1.83 bits per heavy atom. The number of benzene rings is 2. The number of fused-ring (bicyclic) bond motifs is 1. The smallest absolute Gasteiger partial charge is 0.321 e. The quantitative estimate of drug-likeness (QED) is 0.667. The highest BCUT2D eigenvalue weighted by Crippen LogP contribution is 2.25. The summed E-state index contributed by atoms with van der Waals surface area (Å²) in [6.07, 6.45) is 1.67. The van der Waals surface area contributed by atoms with Crippen LogP contribution in [-0.2, 0) is 0 Å². The van der Waals surface area contributed by atoms with Gasteiger partial charge in [0.1, 0.15) is 11.3 Å². The lowest BCUT2D eigenvalue weighted by Gasteiger charge is -2.32. The number of para-hydroxylation sites is 3. The Labute approximate surface area is 175 Å². The van der Waals surface area contributed by atoms with Gasteiger partial charge < -0.3 is 24.7 Å². The van der Waals surface area contributed by atoms with E-state index in [2.05, 4.69) is 10.6 Å². The van der Waals surface area contributed by atoms with Crippen LogP contribution in [0.4, 0.5) is 10.5 Å². The van der Waals surface area contributed by atoms with Gasteiger partial charge in [0.2, 0.25) is 0 Å². The Balaban J connectivity index is 1.25. The van der Waals surface area contributed by atoms with E-state index in [1.165, 1.54) is 0 Å². The van der Waals surface area contributed by atoms with Crippen molar-refractivity contribution >= 4 is 28.6 Å². The van der Waals surface area contributed by atoms with Crippen LogP contribution in [0.3, 0.4) is 0 Å². The molecular weight excluding hydrogens is 382 g/mol. The second-order valence-electron chi connectivity index (χ2n) is 7.42. The number of carbonyl (C=O) groups is 2. The lowest BCUT2D eigenvalue weighted by molar-refractivity contribution is 0.0913. The monoisotopic (exact) mass is 407 g/mol. The number of hydrogen-bond acceptors (Lipinski definition) is 4. The van der Waals surface area contributed by atoms with Gasteiger partial charge in [0.05, 0.1) is 12.8 Å². The van der Waals surface area contributed by atoms with E-state index >= 15 is 0 Å². The van der Waals surface area contributed by atoms with Gasteiger partial charge in [0, 0.05) is 25.0 Å². The zero-order chi connectivity index (χ0) is 20.9. The number of likely N-dealkylation sites (tertiary alicyclic amines) is 1. The summed E-state index contributed by atoms with van der Waals surface area (Å²) in [4.78, 5) is 26.8. The first-order valence-corrected chi connectivity index (χ1v) is 10.1. The summed E-state index contributed by atoms with van der Waals surface area (Å²) in [6.45, 7) is 1.86. The molecule has 1 aliphatic heterocycles. The fraction of sp³-hybridized carbons (Fsp3) is 0.304. The van der Waals surface area contributed by atoms with Crippen LogP contribution >= 0.6 is 0 Å². The number of nitrogens with zero attached hydrogens (tertiary/aromatic N) is 1. The molecule has 2 N–H and O–H groups in total. The van der Waals surface area contributed by atoms with Crippen LogP contribution in [0.1, 0.15) is 23.4 Å². The van der Waals surface area contributed by atoms with Gasteiger partial charge in [-0.3, -0.25) is 4.79 Å². The molecule has 4 rings (SSSR count). The minimum atomic E-state index is -0.206. The van der Waals surface area contributed by atoms with E-state index in [0.29, 0.717) is 48.3 Å². The number of methoxy groups -OCH3 is 1. The average Bonchev–Trinajstić information content (AvgIpc) is 3.22. The van der Waals surface area contributed by atoms with Crippen LogP contribution in [0.25, 0.3) is 11.0 Å². The summed E-state index contributed by atoms with van der Waals surface area (Å²) in [7, 11) is 1.58. The van der Waals surface area contributed by atoms with Crippen LogP contribution in [0.15, 0.2) is 59.0 Å². The number of hydrogen-bond donors (Lipinski definition) is 2. The first-order chi connectivity index (χ1) is 14.6. The molecule has 0 bridgehead atoms. The molecule has 3 aromatic rings. The average molecular weight is 407 g/mol. The van der Waals surface area contributed by atoms with E-state index in [0.717, 1.165) is 18.2 Å². The molecule has 0 spiro atoms. The van der Waals surface area contributed by atoms with Crippen molar-refractivity contribution in [3.8, 4) is 5.75 Å². The zero-order valence-electron chi connectivity index (χ0n) is 16.9. The van der Waals surface area contributed by atoms with Crippen molar-refractivity contribution in [1.82, 2.24) is 10.2 Å². The van der Waals surface area contributed by atoms with Gasteiger partial charge in [0.15, 0.2) is 5.76 Å². The maximum atomic E-state index is 12.6. The number of urea groups is 1. The molecule has 1 fully saturated rings. The standard InChI is InChI=1S/C23H25N3O4/c1-29-20-9-5-3-7-18(20)25-23(28)26-12-10-16(11-13-26)15-24-22(27)21-14-17-6-2-4-8-19(17)30-21/h2-9,14,16H,10-13,15H2,1H3,(H,24,27)(H,25,28). The SMILES string of the molecule is COc1ccccc1NC(=O)N1CCC(CNC(=O)c2cc3ccccc3o2)CC1. The zero-order valence-corrected chi connectivity index (χ0v) is 16.9. The molecule has 0 aliphatic carbocycles. The lowest BCUT2D eigenvalue weighted by atomic mass is 9.97. The number of nitrogens with one attached hydrogen (secondary N) is 2. The normalized spacial score (nSPS) is 14.5. The first-order valence-electron chi connectivity index (χ1n) is 10.1. The van der Waals surface area contributed by atoms with E-state index in [1.807, 2.05) is 48.5 Å². The van der Waals surface area contributed by atoms with Crippen LogP contribution in [0.5, 0.6) is 5.75 Å². The third-order valence-electron chi connectivity index (χ3n) is 5.45. The summed E-state index contributed by atoms with van der Waals surface area (Å²) in [6, 6.07) is 16.5. The molecule has 2 heterocycles. The van der Waals surface area contributed by atoms with Crippen LogP contribution < -0.4 is 15.4 Å². The van der Waals surface area contributed by atoms with Gasteiger partial charge in [-0.1, -0.05) is 30.3 Å². The molecule has 0 atom stereocenters. The Bertz CT molecular complexity index is 1000. The van der Waals surface area contributed by atoms with Crippen molar-refractivity contribution in [3.63, 3.8) is 0 Å². The molecule has 2 aromatic carbocycles. The van der Waals surface area contributed by atoms with E-state index in [-0.39, 0.29) is 11.9 Å². The fourth-order valence-electron chi connectivity index (χ4n) is 3.70.